The molecule has 1 aliphatic rings. The average molecular weight is 517 g/mol. The maximum absolute atomic E-state index is 5.18. The number of piperidine rings is 1. The predicted molar refractivity (Wildman–Crippen MR) is 135 cm³/mol. The number of nitrogens with zero attached hydrogens (tertiary/aromatic N) is 2. The van der Waals surface area contributed by atoms with Gasteiger partial charge in [-0.3, -0.25) is 4.99 Å². The molecule has 1 fully saturated rings. The molecule has 29 heavy (non-hydrogen) atoms. The highest BCUT2D eigenvalue weighted by Crippen LogP contribution is 2.15. The fourth-order valence-electron chi connectivity index (χ4n) is 3.58. The highest BCUT2D eigenvalue weighted by molar-refractivity contribution is 14.0. The summed E-state index contributed by atoms with van der Waals surface area (Å²) in [5.74, 6) is 1.56. The third-order valence-corrected chi connectivity index (χ3v) is 5.42. The quantitative estimate of drug-likeness (QED) is 0.214. The lowest BCUT2D eigenvalue weighted by Crippen LogP contribution is -2.49. The van der Waals surface area contributed by atoms with Gasteiger partial charge in [-0.05, 0) is 49.7 Å². The molecule has 2 N–H and O–H groups in total. The first kappa shape index (κ1) is 26.2. The Labute approximate surface area is 195 Å². The van der Waals surface area contributed by atoms with E-state index in [1.54, 1.807) is 7.11 Å². The summed E-state index contributed by atoms with van der Waals surface area (Å²) < 4.78 is 5.18. The number of aliphatic imine (C=N–C) groups is 1. The van der Waals surface area contributed by atoms with Crippen LogP contribution in [0.15, 0.2) is 29.3 Å². The molecule has 0 aromatic heterocycles. The van der Waals surface area contributed by atoms with E-state index < -0.39 is 0 Å². The molecule has 5 nitrogen and oxygen atoms in total. The van der Waals surface area contributed by atoms with E-state index in [1.165, 1.54) is 11.1 Å². The van der Waals surface area contributed by atoms with E-state index in [0.29, 0.717) is 12.0 Å². The minimum atomic E-state index is 0. The molecule has 0 radical (unpaired) electrons. The minimum absolute atomic E-state index is 0. The van der Waals surface area contributed by atoms with Crippen molar-refractivity contribution in [3.8, 4) is 0 Å². The zero-order valence-electron chi connectivity index (χ0n) is 18.7. The Morgan fingerprint density at radius 2 is 1.90 bits per heavy atom. The number of rotatable bonds is 10. The number of benzene rings is 1. The van der Waals surface area contributed by atoms with Crippen molar-refractivity contribution in [1.29, 1.82) is 0 Å². The Hall–Kier alpha value is -0.860. The van der Waals surface area contributed by atoms with E-state index in [2.05, 4.69) is 60.6 Å². The number of methoxy groups -OCH3 is 1. The van der Waals surface area contributed by atoms with Gasteiger partial charge in [0.1, 0.15) is 0 Å². The monoisotopic (exact) mass is 516 g/mol. The Bertz CT molecular complexity index is 569. The summed E-state index contributed by atoms with van der Waals surface area (Å²) in [4.78, 5) is 7.28. The molecule has 0 aliphatic carbocycles. The normalized spacial score (nSPS) is 16.0. The van der Waals surface area contributed by atoms with Crippen molar-refractivity contribution in [2.24, 2.45) is 4.99 Å². The Morgan fingerprint density at radius 3 is 2.48 bits per heavy atom. The molecule has 0 amide bonds. The van der Waals surface area contributed by atoms with Crippen LogP contribution >= 0.6 is 24.0 Å². The van der Waals surface area contributed by atoms with Crippen molar-refractivity contribution >= 4 is 29.9 Å². The van der Waals surface area contributed by atoms with E-state index in [1.807, 2.05) is 0 Å². The van der Waals surface area contributed by atoms with Crippen LogP contribution in [0.3, 0.4) is 0 Å². The summed E-state index contributed by atoms with van der Waals surface area (Å²) in [5, 5.41) is 7.03. The van der Waals surface area contributed by atoms with Crippen LogP contribution in [0, 0.1) is 0 Å². The van der Waals surface area contributed by atoms with E-state index in [4.69, 9.17) is 9.73 Å². The average Bonchev–Trinajstić information content (AvgIpc) is 2.71. The number of aryl methyl sites for hydroxylation is 1. The summed E-state index contributed by atoms with van der Waals surface area (Å²) in [6.45, 7) is 12.5. The summed E-state index contributed by atoms with van der Waals surface area (Å²) in [5.41, 5.74) is 2.81. The third-order valence-electron chi connectivity index (χ3n) is 5.42. The molecular weight excluding hydrogens is 475 g/mol. The van der Waals surface area contributed by atoms with Gasteiger partial charge >= 0.3 is 0 Å². The van der Waals surface area contributed by atoms with Crippen molar-refractivity contribution in [3.63, 3.8) is 0 Å². The SMILES string of the molecule is CCNC(=NCCCc1ccc(C(C)C)cc1)NC1CCN(CCOC)CC1.I. The van der Waals surface area contributed by atoms with Gasteiger partial charge in [0, 0.05) is 45.9 Å². The maximum Gasteiger partial charge on any atom is 0.191 e. The highest BCUT2D eigenvalue weighted by atomic mass is 127. The van der Waals surface area contributed by atoms with Crippen LogP contribution in [0.1, 0.15) is 57.1 Å². The standard InChI is InChI=1S/C23H40N4O.HI/c1-5-24-23(26-22-12-15-27(16-13-22)17-18-28-4)25-14-6-7-20-8-10-21(11-9-20)19(2)3;/h8-11,19,22H,5-7,12-18H2,1-4H3,(H2,24,25,26);1H. The number of hydrogen-bond donors (Lipinski definition) is 2. The number of likely N-dealkylation sites (tertiary alicyclic amines) is 1. The fourth-order valence-corrected chi connectivity index (χ4v) is 3.58. The largest absolute Gasteiger partial charge is 0.383 e. The molecule has 1 heterocycles. The second-order valence-corrected chi connectivity index (χ2v) is 8.01. The highest BCUT2D eigenvalue weighted by Gasteiger charge is 2.19. The van der Waals surface area contributed by atoms with Gasteiger partial charge in [0.15, 0.2) is 5.96 Å². The number of nitrogens with one attached hydrogen (secondary N) is 2. The molecular formula is C23H41IN4O. The fraction of sp³-hybridized carbons (Fsp3) is 0.696. The van der Waals surface area contributed by atoms with Crippen LogP contribution in [0.4, 0.5) is 0 Å². The van der Waals surface area contributed by atoms with E-state index in [-0.39, 0.29) is 24.0 Å². The third kappa shape index (κ3) is 10.1. The van der Waals surface area contributed by atoms with Crippen LogP contribution in [-0.2, 0) is 11.2 Å². The summed E-state index contributed by atoms with van der Waals surface area (Å²) in [6.07, 6.45) is 4.49. The smallest absolute Gasteiger partial charge is 0.191 e. The Balaban J connectivity index is 0.00000420. The second kappa shape index (κ2) is 15.0. The number of hydrogen-bond acceptors (Lipinski definition) is 3. The first-order valence-corrected chi connectivity index (χ1v) is 11.0. The van der Waals surface area contributed by atoms with E-state index in [0.717, 1.165) is 71.0 Å². The summed E-state index contributed by atoms with van der Waals surface area (Å²) in [7, 11) is 1.77. The molecule has 1 aliphatic heterocycles. The van der Waals surface area contributed by atoms with Crippen LogP contribution in [-0.4, -0.2) is 63.3 Å². The Morgan fingerprint density at radius 1 is 1.21 bits per heavy atom. The maximum atomic E-state index is 5.18. The van der Waals surface area contributed by atoms with Crippen molar-refractivity contribution in [2.45, 2.75) is 58.4 Å². The molecule has 0 bridgehead atoms. The van der Waals surface area contributed by atoms with Crippen LogP contribution in [0.5, 0.6) is 0 Å². The van der Waals surface area contributed by atoms with E-state index in [9.17, 15) is 0 Å². The number of ether oxygens (including phenoxy) is 1. The van der Waals surface area contributed by atoms with Crippen LogP contribution in [0.25, 0.3) is 0 Å². The molecule has 0 saturated carbocycles. The van der Waals surface area contributed by atoms with Crippen LogP contribution < -0.4 is 10.6 Å². The van der Waals surface area contributed by atoms with Gasteiger partial charge in [0.25, 0.3) is 0 Å². The summed E-state index contributed by atoms with van der Waals surface area (Å²) >= 11 is 0. The lowest BCUT2D eigenvalue weighted by atomic mass is 10.0. The lowest BCUT2D eigenvalue weighted by molar-refractivity contribution is 0.128. The van der Waals surface area contributed by atoms with Gasteiger partial charge in [0.2, 0.25) is 0 Å². The van der Waals surface area contributed by atoms with E-state index >= 15 is 0 Å². The number of halogens is 1. The van der Waals surface area contributed by atoms with Gasteiger partial charge in [-0.25, -0.2) is 0 Å². The molecule has 6 heteroatoms. The molecule has 0 atom stereocenters. The van der Waals surface area contributed by atoms with Crippen molar-refractivity contribution < 1.29 is 4.74 Å². The van der Waals surface area contributed by atoms with Gasteiger partial charge in [-0.1, -0.05) is 38.1 Å². The predicted octanol–water partition coefficient (Wildman–Crippen LogP) is 4.03. The first-order valence-electron chi connectivity index (χ1n) is 11.0. The molecule has 1 aromatic rings. The lowest BCUT2D eigenvalue weighted by Gasteiger charge is -2.32. The van der Waals surface area contributed by atoms with Gasteiger partial charge in [0.05, 0.1) is 6.61 Å². The molecule has 0 spiro atoms. The zero-order valence-corrected chi connectivity index (χ0v) is 21.1. The molecule has 0 unspecified atom stereocenters. The molecule has 2 rings (SSSR count). The Kier molecular flexibility index (Phi) is 13.6. The van der Waals surface area contributed by atoms with Gasteiger partial charge in [-0.15, -0.1) is 24.0 Å². The molecule has 166 valence electrons. The van der Waals surface area contributed by atoms with Gasteiger partial charge < -0.3 is 20.3 Å². The number of guanidine groups is 1. The van der Waals surface area contributed by atoms with Crippen molar-refractivity contribution in [1.82, 2.24) is 15.5 Å². The van der Waals surface area contributed by atoms with Crippen molar-refractivity contribution in [3.05, 3.63) is 35.4 Å². The zero-order chi connectivity index (χ0) is 20.2. The van der Waals surface area contributed by atoms with Gasteiger partial charge in [-0.2, -0.15) is 0 Å². The second-order valence-electron chi connectivity index (χ2n) is 8.01. The van der Waals surface area contributed by atoms with Crippen molar-refractivity contribution in [2.75, 3.05) is 46.4 Å². The molecule has 1 aromatic carbocycles. The minimum Gasteiger partial charge on any atom is -0.383 e. The summed E-state index contributed by atoms with van der Waals surface area (Å²) in [6, 6.07) is 9.56. The first-order chi connectivity index (χ1) is 13.6. The topological polar surface area (TPSA) is 48.9 Å². The molecule has 1 saturated heterocycles. The van der Waals surface area contributed by atoms with Crippen LogP contribution in [0.2, 0.25) is 0 Å².